The van der Waals surface area contributed by atoms with E-state index < -0.39 is 6.04 Å². The van der Waals surface area contributed by atoms with E-state index in [1.807, 2.05) is 52.0 Å². The van der Waals surface area contributed by atoms with Crippen LogP contribution in [-0.4, -0.2) is 37.0 Å². The van der Waals surface area contributed by atoms with E-state index in [4.69, 9.17) is 10.5 Å². The number of likely N-dealkylation sites (N-methyl/N-ethyl adjacent to an activating group) is 1. The maximum Gasteiger partial charge on any atom is 0.239 e. The van der Waals surface area contributed by atoms with Crippen LogP contribution in [0.4, 0.5) is 0 Å². The molecule has 0 aliphatic heterocycles. The van der Waals surface area contributed by atoms with Gasteiger partial charge in [0, 0.05) is 7.05 Å². The number of carbonyl (C=O) groups is 1. The third-order valence-electron chi connectivity index (χ3n) is 3.35. The molecule has 2 N–H and O–H groups in total. The molecule has 0 unspecified atom stereocenters. The zero-order valence-corrected chi connectivity index (χ0v) is 13.1. The lowest BCUT2D eigenvalue weighted by molar-refractivity contribution is -0.133. The van der Waals surface area contributed by atoms with Crippen molar-refractivity contribution >= 4 is 5.91 Å². The quantitative estimate of drug-likeness (QED) is 0.898. The molecular formula is C16H26N2O2. The first-order chi connectivity index (χ1) is 9.23. The molecule has 112 valence electrons. The van der Waals surface area contributed by atoms with E-state index in [1.165, 1.54) is 0 Å². The normalized spacial score (nSPS) is 12.9. The van der Waals surface area contributed by atoms with Crippen LogP contribution in [0, 0.1) is 12.3 Å². The molecule has 0 spiro atoms. The summed E-state index contributed by atoms with van der Waals surface area (Å²) in [5.74, 6) is 0.805. The average Bonchev–Trinajstić information content (AvgIpc) is 2.38. The van der Waals surface area contributed by atoms with Crippen LogP contribution in [-0.2, 0) is 4.79 Å². The molecule has 20 heavy (non-hydrogen) atoms. The molecule has 0 heterocycles. The molecule has 1 aromatic carbocycles. The average molecular weight is 278 g/mol. The minimum atomic E-state index is -0.494. The lowest BCUT2D eigenvalue weighted by atomic mass is 9.86. The Kier molecular flexibility index (Phi) is 5.57. The summed E-state index contributed by atoms with van der Waals surface area (Å²) >= 11 is 0. The molecule has 1 amide bonds. The number of hydrogen-bond acceptors (Lipinski definition) is 3. The number of nitrogens with two attached hydrogens (primary N) is 1. The fourth-order valence-electron chi connectivity index (χ4n) is 1.73. The summed E-state index contributed by atoms with van der Waals surface area (Å²) in [7, 11) is 1.76. The largest absolute Gasteiger partial charge is 0.491 e. The first-order valence-corrected chi connectivity index (χ1v) is 6.92. The van der Waals surface area contributed by atoms with Crippen LogP contribution in [0.1, 0.15) is 26.3 Å². The highest BCUT2D eigenvalue weighted by Gasteiger charge is 2.29. The van der Waals surface area contributed by atoms with Crippen molar-refractivity contribution in [1.29, 1.82) is 0 Å². The van der Waals surface area contributed by atoms with Gasteiger partial charge in [-0.1, -0.05) is 39.0 Å². The van der Waals surface area contributed by atoms with Crippen LogP contribution >= 0.6 is 0 Å². The Morgan fingerprint density at radius 2 is 1.95 bits per heavy atom. The van der Waals surface area contributed by atoms with E-state index in [2.05, 4.69) is 0 Å². The number of ether oxygens (including phenoxy) is 1. The van der Waals surface area contributed by atoms with Gasteiger partial charge < -0.3 is 15.4 Å². The second kappa shape index (κ2) is 6.75. The zero-order valence-electron chi connectivity index (χ0n) is 13.1. The number of nitrogens with zero attached hydrogens (tertiary/aromatic N) is 1. The van der Waals surface area contributed by atoms with Gasteiger partial charge >= 0.3 is 0 Å². The maximum absolute atomic E-state index is 12.1. The number of rotatable bonds is 5. The summed E-state index contributed by atoms with van der Waals surface area (Å²) in [4.78, 5) is 13.8. The standard InChI is InChI=1S/C16H26N2O2/c1-12-8-6-7-9-13(12)20-11-10-18(5)15(19)14(17)16(2,3)4/h6-9,14H,10-11,17H2,1-5H3/t14-/m1/s1. The third kappa shape index (κ3) is 4.53. The van der Waals surface area contributed by atoms with E-state index in [-0.39, 0.29) is 11.3 Å². The van der Waals surface area contributed by atoms with Gasteiger partial charge in [0.05, 0.1) is 12.6 Å². The predicted molar refractivity (Wildman–Crippen MR) is 81.7 cm³/mol. The van der Waals surface area contributed by atoms with Gasteiger partial charge in [-0.05, 0) is 24.0 Å². The van der Waals surface area contributed by atoms with Gasteiger partial charge in [-0.3, -0.25) is 4.79 Å². The molecule has 0 bridgehead atoms. The van der Waals surface area contributed by atoms with Crippen molar-refractivity contribution in [2.45, 2.75) is 33.7 Å². The van der Waals surface area contributed by atoms with Gasteiger partial charge in [-0.15, -0.1) is 0 Å². The Labute approximate surface area is 121 Å². The minimum absolute atomic E-state index is 0.0501. The van der Waals surface area contributed by atoms with E-state index >= 15 is 0 Å². The number of carbonyl (C=O) groups excluding carboxylic acids is 1. The van der Waals surface area contributed by atoms with Gasteiger partial charge in [-0.2, -0.15) is 0 Å². The van der Waals surface area contributed by atoms with Gasteiger partial charge in [0.25, 0.3) is 0 Å². The molecular weight excluding hydrogens is 252 g/mol. The fourth-order valence-corrected chi connectivity index (χ4v) is 1.73. The topological polar surface area (TPSA) is 55.6 Å². The molecule has 1 atom stereocenters. The van der Waals surface area contributed by atoms with Crippen LogP contribution in [0.25, 0.3) is 0 Å². The van der Waals surface area contributed by atoms with Crippen molar-refractivity contribution < 1.29 is 9.53 Å². The third-order valence-corrected chi connectivity index (χ3v) is 3.35. The van der Waals surface area contributed by atoms with E-state index in [9.17, 15) is 4.79 Å². The number of aryl methyl sites for hydroxylation is 1. The first-order valence-electron chi connectivity index (χ1n) is 6.92. The van der Waals surface area contributed by atoms with Crippen molar-refractivity contribution in [2.75, 3.05) is 20.2 Å². The highest BCUT2D eigenvalue weighted by atomic mass is 16.5. The highest BCUT2D eigenvalue weighted by molar-refractivity contribution is 5.82. The van der Waals surface area contributed by atoms with Crippen LogP contribution in [0.2, 0.25) is 0 Å². The SMILES string of the molecule is Cc1ccccc1OCCN(C)C(=O)[C@@H](N)C(C)(C)C. The highest BCUT2D eigenvalue weighted by Crippen LogP contribution is 2.19. The molecule has 0 aromatic heterocycles. The second-order valence-corrected chi connectivity index (χ2v) is 6.22. The molecule has 0 saturated heterocycles. The molecule has 0 aliphatic rings. The van der Waals surface area contributed by atoms with Crippen molar-refractivity contribution in [3.05, 3.63) is 29.8 Å². The van der Waals surface area contributed by atoms with Crippen LogP contribution in [0.3, 0.4) is 0 Å². The fraction of sp³-hybridized carbons (Fsp3) is 0.562. The van der Waals surface area contributed by atoms with Gasteiger partial charge in [0.1, 0.15) is 12.4 Å². The number of hydrogen-bond donors (Lipinski definition) is 1. The van der Waals surface area contributed by atoms with E-state index in [1.54, 1.807) is 11.9 Å². The smallest absolute Gasteiger partial charge is 0.239 e. The summed E-state index contributed by atoms with van der Waals surface area (Å²) in [6.45, 7) is 8.88. The predicted octanol–water partition coefficient (Wildman–Crippen LogP) is 2.21. The lowest BCUT2D eigenvalue weighted by Crippen LogP contribution is -2.49. The Bertz CT molecular complexity index is 452. The molecule has 0 fully saturated rings. The van der Waals surface area contributed by atoms with Gasteiger partial charge in [0.15, 0.2) is 0 Å². The molecule has 1 aromatic rings. The van der Waals surface area contributed by atoms with Crippen molar-refractivity contribution in [1.82, 2.24) is 4.90 Å². The van der Waals surface area contributed by atoms with Gasteiger partial charge in [-0.25, -0.2) is 0 Å². The van der Waals surface area contributed by atoms with Crippen molar-refractivity contribution in [3.8, 4) is 5.75 Å². The Morgan fingerprint density at radius 3 is 2.50 bits per heavy atom. The van der Waals surface area contributed by atoms with Crippen LogP contribution < -0.4 is 10.5 Å². The number of benzene rings is 1. The summed E-state index contributed by atoms with van der Waals surface area (Å²) in [6.07, 6.45) is 0. The summed E-state index contributed by atoms with van der Waals surface area (Å²) in [5.41, 5.74) is 6.83. The van der Waals surface area contributed by atoms with Gasteiger partial charge in [0.2, 0.25) is 5.91 Å². The molecule has 1 rings (SSSR count). The van der Waals surface area contributed by atoms with E-state index in [0.717, 1.165) is 11.3 Å². The second-order valence-electron chi connectivity index (χ2n) is 6.22. The number of para-hydroxylation sites is 1. The Hall–Kier alpha value is -1.55. The van der Waals surface area contributed by atoms with Crippen LogP contribution in [0.5, 0.6) is 5.75 Å². The number of amides is 1. The molecule has 0 radical (unpaired) electrons. The lowest BCUT2D eigenvalue weighted by Gasteiger charge is -2.30. The molecule has 4 nitrogen and oxygen atoms in total. The van der Waals surface area contributed by atoms with Crippen molar-refractivity contribution in [2.24, 2.45) is 11.1 Å². The summed E-state index contributed by atoms with van der Waals surface area (Å²) in [6, 6.07) is 7.34. The molecule has 0 saturated carbocycles. The van der Waals surface area contributed by atoms with Crippen LogP contribution in [0.15, 0.2) is 24.3 Å². The molecule has 0 aliphatic carbocycles. The Morgan fingerprint density at radius 1 is 1.35 bits per heavy atom. The zero-order chi connectivity index (χ0) is 15.3. The maximum atomic E-state index is 12.1. The Balaban J connectivity index is 2.46. The monoisotopic (exact) mass is 278 g/mol. The van der Waals surface area contributed by atoms with E-state index in [0.29, 0.717) is 13.2 Å². The minimum Gasteiger partial charge on any atom is -0.491 e. The molecule has 4 heteroatoms. The summed E-state index contributed by atoms with van der Waals surface area (Å²) in [5, 5.41) is 0. The summed E-state index contributed by atoms with van der Waals surface area (Å²) < 4.78 is 5.69. The van der Waals surface area contributed by atoms with Crippen molar-refractivity contribution in [3.63, 3.8) is 0 Å². The first kappa shape index (κ1) is 16.5.